The lowest BCUT2D eigenvalue weighted by Gasteiger charge is -2.23. The van der Waals surface area contributed by atoms with Crippen molar-refractivity contribution in [1.29, 1.82) is 0 Å². The van der Waals surface area contributed by atoms with Gasteiger partial charge in [-0.3, -0.25) is 4.99 Å². The zero-order valence-corrected chi connectivity index (χ0v) is 16.5. The zero-order valence-electron chi connectivity index (χ0n) is 16.5. The van der Waals surface area contributed by atoms with Crippen LogP contribution in [-0.4, -0.2) is 38.8 Å². The van der Waals surface area contributed by atoms with E-state index in [1.807, 2.05) is 6.07 Å². The SMILES string of the molecule is C=CN=C(CC=NC)c1ccc(CCCC)c(OCC2CCOCC2)c1F. The highest BCUT2D eigenvalue weighted by Crippen LogP contribution is 2.30. The van der Waals surface area contributed by atoms with Crippen molar-refractivity contribution < 1.29 is 13.9 Å². The molecule has 5 heteroatoms. The average molecular weight is 375 g/mol. The van der Waals surface area contributed by atoms with E-state index in [0.717, 1.165) is 50.9 Å². The topological polar surface area (TPSA) is 43.2 Å². The Labute approximate surface area is 162 Å². The highest BCUT2D eigenvalue weighted by molar-refractivity contribution is 6.08. The third-order valence-corrected chi connectivity index (χ3v) is 4.81. The fourth-order valence-electron chi connectivity index (χ4n) is 3.17. The minimum Gasteiger partial charge on any atom is -0.490 e. The van der Waals surface area contributed by atoms with Gasteiger partial charge in [-0.25, -0.2) is 4.39 Å². The number of aryl methyl sites for hydroxylation is 1. The maximum atomic E-state index is 15.4. The van der Waals surface area contributed by atoms with Gasteiger partial charge in [-0.05, 0) is 43.2 Å². The van der Waals surface area contributed by atoms with E-state index in [1.54, 1.807) is 19.3 Å². The molecule has 1 fully saturated rings. The molecule has 0 amide bonds. The quantitative estimate of drug-likeness (QED) is 0.541. The first kappa shape index (κ1) is 21.3. The second-order valence-corrected chi connectivity index (χ2v) is 6.79. The highest BCUT2D eigenvalue weighted by Gasteiger charge is 2.20. The molecule has 0 aliphatic carbocycles. The van der Waals surface area contributed by atoms with Crippen LogP contribution < -0.4 is 4.74 Å². The van der Waals surface area contributed by atoms with Crippen molar-refractivity contribution in [2.45, 2.75) is 45.4 Å². The van der Waals surface area contributed by atoms with Crippen molar-refractivity contribution in [3.63, 3.8) is 0 Å². The summed E-state index contributed by atoms with van der Waals surface area (Å²) in [6, 6.07) is 3.77. The Morgan fingerprint density at radius 1 is 1.37 bits per heavy atom. The molecule has 1 aromatic carbocycles. The van der Waals surface area contributed by atoms with E-state index in [1.165, 1.54) is 6.20 Å². The van der Waals surface area contributed by atoms with Gasteiger partial charge in [-0.2, -0.15) is 0 Å². The molecule has 0 atom stereocenters. The number of rotatable bonds is 10. The van der Waals surface area contributed by atoms with Gasteiger partial charge < -0.3 is 14.5 Å². The Kier molecular flexibility index (Phi) is 9.19. The summed E-state index contributed by atoms with van der Waals surface area (Å²) in [6.07, 6.45) is 8.39. The van der Waals surface area contributed by atoms with E-state index in [2.05, 4.69) is 23.5 Å². The molecule has 0 unspecified atom stereocenters. The molecule has 2 rings (SSSR count). The van der Waals surface area contributed by atoms with Crippen LogP contribution in [0.2, 0.25) is 0 Å². The lowest BCUT2D eigenvalue weighted by atomic mass is 9.99. The molecule has 4 nitrogen and oxygen atoms in total. The molecule has 0 N–H and O–H groups in total. The third-order valence-electron chi connectivity index (χ3n) is 4.81. The minimum atomic E-state index is -0.333. The van der Waals surface area contributed by atoms with Crippen LogP contribution in [0, 0.1) is 11.7 Å². The number of nitrogens with zero attached hydrogens (tertiary/aromatic N) is 2. The minimum absolute atomic E-state index is 0.333. The molecule has 1 heterocycles. The van der Waals surface area contributed by atoms with Crippen LogP contribution in [0.3, 0.4) is 0 Å². The van der Waals surface area contributed by atoms with Crippen molar-refractivity contribution in [2.75, 3.05) is 26.9 Å². The van der Waals surface area contributed by atoms with Crippen LogP contribution in [0.1, 0.15) is 50.2 Å². The van der Waals surface area contributed by atoms with Gasteiger partial charge >= 0.3 is 0 Å². The van der Waals surface area contributed by atoms with E-state index in [0.29, 0.717) is 36.0 Å². The highest BCUT2D eigenvalue weighted by atomic mass is 19.1. The van der Waals surface area contributed by atoms with Crippen molar-refractivity contribution in [3.8, 4) is 5.75 Å². The maximum absolute atomic E-state index is 15.4. The second kappa shape index (κ2) is 11.7. The Balaban J connectivity index is 2.30. The van der Waals surface area contributed by atoms with Gasteiger partial charge in [0.1, 0.15) is 0 Å². The predicted octanol–water partition coefficient (Wildman–Crippen LogP) is 5.00. The van der Waals surface area contributed by atoms with Gasteiger partial charge in [-0.15, -0.1) is 0 Å². The molecule has 27 heavy (non-hydrogen) atoms. The third kappa shape index (κ3) is 6.28. The number of aliphatic imine (C=N–C) groups is 2. The van der Waals surface area contributed by atoms with Gasteiger partial charge in [0.2, 0.25) is 0 Å². The van der Waals surface area contributed by atoms with Crippen LogP contribution >= 0.6 is 0 Å². The molecular weight excluding hydrogens is 343 g/mol. The van der Waals surface area contributed by atoms with E-state index in [9.17, 15) is 0 Å². The second-order valence-electron chi connectivity index (χ2n) is 6.79. The number of halogens is 1. The number of ether oxygens (including phenoxy) is 2. The Hall–Kier alpha value is -2.01. The van der Waals surface area contributed by atoms with E-state index in [-0.39, 0.29) is 5.82 Å². The molecular formula is C22H31FN2O2. The monoisotopic (exact) mass is 374 g/mol. The number of unbranched alkanes of at least 4 members (excludes halogenated alkanes) is 1. The standard InChI is InChI=1S/C22H31FN2O2/c1-4-6-7-18-8-9-19(20(25-5-2)10-13-24-3)21(23)22(18)27-16-17-11-14-26-15-12-17/h5,8-9,13,17H,2,4,6-7,10-12,14-16H2,1,3H3. The first-order valence-electron chi connectivity index (χ1n) is 9.81. The van der Waals surface area contributed by atoms with Crippen LogP contribution in [0.15, 0.2) is 34.9 Å². The largest absolute Gasteiger partial charge is 0.490 e. The van der Waals surface area contributed by atoms with E-state index >= 15 is 4.39 Å². The summed E-state index contributed by atoms with van der Waals surface area (Å²) in [7, 11) is 1.69. The van der Waals surface area contributed by atoms with E-state index in [4.69, 9.17) is 9.47 Å². The summed E-state index contributed by atoms with van der Waals surface area (Å²) in [5.74, 6) is 0.452. The van der Waals surface area contributed by atoms with Crippen molar-refractivity contribution in [1.82, 2.24) is 0 Å². The van der Waals surface area contributed by atoms with Gasteiger partial charge in [0.05, 0.1) is 12.3 Å². The molecule has 148 valence electrons. The summed E-state index contributed by atoms with van der Waals surface area (Å²) in [5.41, 5.74) is 1.98. The Morgan fingerprint density at radius 3 is 2.81 bits per heavy atom. The summed E-state index contributed by atoms with van der Waals surface area (Å²) >= 11 is 0. The molecule has 1 aromatic rings. The molecule has 0 aromatic heterocycles. The van der Waals surface area contributed by atoms with Crippen LogP contribution in [0.4, 0.5) is 4.39 Å². The lowest BCUT2D eigenvalue weighted by molar-refractivity contribution is 0.0490. The van der Waals surface area contributed by atoms with Crippen molar-refractivity contribution in [2.24, 2.45) is 15.9 Å². The van der Waals surface area contributed by atoms with Gasteiger partial charge in [-0.1, -0.05) is 26.0 Å². The Bertz CT molecular complexity index is 665. The fraction of sp³-hybridized carbons (Fsp3) is 0.545. The molecule has 0 spiro atoms. The summed E-state index contributed by atoms with van der Waals surface area (Å²) in [5, 5.41) is 0. The molecule has 1 aliphatic heterocycles. The molecule has 0 radical (unpaired) electrons. The predicted molar refractivity (Wildman–Crippen MR) is 110 cm³/mol. The normalized spacial score (nSPS) is 16.0. The summed E-state index contributed by atoms with van der Waals surface area (Å²) in [6.45, 7) is 7.81. The molecule has 0 bridgehead atoms. The van der Waals surface area contributed by atoms with Crippen LogP contribution in [-0.2, 0) is 11.2 Å². The van der Waals surface area contributed by atoms with Gasteiger partial charge in [0, 0.05) is 44.7 Å². The van der Waals surface area contributed by atoms with Crippen molar-refractivity contribution in [3.05, 3.63) is 41.9 Å². The number of benzene rings is 1. The van der Waals surface area contributed by atoms with Gasteiger partial charge in [0.25, 0.3) is 0 Å². The Morgan fingerprint density at radius 2 is 2.15 bits per heavy atom. The van der Waals surface area contributed by atoms with Crippen LogP contribution in [0.5, 0.6) is 5.75 Å². The maximum Gasteiger partial charge on any atom is 0.174 e. The molecule has 1 aliphatic rings. The lowest BCUT2D eigenvalue weighted by Crippen LogP contribution is -2.22. The van der Waals surface area contributed by atoms with Crippen LogP contribution in [0.25, 0.3) is 0 Å². The summed E-state index contributed by atoms with van der Waals surface area (Å²) in [4.78, 5) is 8.24. The fourth-order valence-corrected chi connectivity index (χ4v) is 3.17. The first-order valence-corrected chi connectivity index (χ1v) is 9.81. The number of hydrogen-bond acceptors (Lipinski definition) is 4. The van der Waals surface area contributed by atoms with Gasteiger partial charge in [0.15, 0.2) is 11.6 Å². The molecule has 0 saturated carbocycles. The first-order chi connectivity index (χ1) is 13.2. The average Bonchev–Trinajstić information content (AvgIpc) is 2.70. The summed E-state index contributed by atoms with van der Waals surface area (Å²) < 4.78 is 26.8. The smallest absolute Gasteiger partial charge is 0.174 e. The van der Waals surface area contributed by atoms with E-state index < -0.39 is 0 Å². The number of hydrogen-bond donors (Lipinski definition) is 0. The molecule has 1 saturated heterocycles. The zero-order chi connectivity index (χ0) is 19.5. The van der Waals surface area contributed by atoms with Crippen molar-refractivity contribution >= 4 is 11.9 Å².